The van der Waals surface area contributed by atoms with Crippen molar-refractivity contribution in [3.63, 3.8) is 0 Å². The summed E-state index contributed by atoms with van der Waals surface area (Å²) in [7, 11) is 0. The number of hydrogen-bond acceptors (Lipinski definition) is 5. The molecule has 3 N–H and O–H groups in total. The van der Waals surface area contributed by atoms with E-state index in [4.69, 9.17) is 4.74 Å². The van der Waals surface area contributed by atoms with Crippen LogP contribution >= 0.6 is 22.6 Å². The number of amides is 1. The minimum Gasteiger partial charge on any atom is -0.504 e. The highest BCUT2D eigenvalue weighted by molar-refractivity contribution is 14.1. The van der Waals surface area contributed by atoms with Gasteiger partial charge in [0.15, 0.2) is 11.5 Å². The van der Waals surface area contributed by atoms with Crippen molar-refractivity contribution in [2.45, 2.75) is 13.8 Å². The van der Waals surface area contributed by atoms with Crippen LogP contribution in [0.15, 0.2) is 41.5 Å². The first-order chi connectivity index (χ1) is 12.0. The Morgan fingerprint density at radius 2 is 2.12 bits per heavy atom. The van der Waals surface area contributed by atoms with Crippen molar-refractivity contribution < 1.29 is 14.6 Å². The molecular weight excluding hydrogens is 433 g/mol. The molecule has 0 atom stereocenters. The third-order valence-electron chi connectivity index (χ3n) is 3.30. The molecule has 0 aliphatic heterocycles. The topological polar surface area (TPSA) is 83.0 Å². The summed E-state index contributed by atoms with van der Waals surface area (Å²) in [6, 6.07) is 10.8. The minimum atomic E-state index is -0.261. The predicted molar refractivity (Wildman–Crippen MR) is 107 cm³/mol. The second-order valence-corrected chi connectivity index (χ2v) is 6.43. The quantitative estimate of drug-likeness (QED) is 0.342. The highest BCUT2D eigenvalue weighted by Crippen LogP contribution is 2.26. The van der Waals surface area contributed by atoms with Gasteiger partial charge in [0.2, 0.25) is 0 Å². The Kier molecular flexibility index (Phi) is 7.05. The number of phenols is 1. The first kappa shape index (κ1) is 19.0. The van der Waals surface area contributed by atoms with E-state index in [0.29, 0.717) is 17.9 Å². The fourth-order valence-electron chi connectivity index (χ4n) is 2.05. The van der Waals surface area contributed by atoms with Crippen molar-refractivity contribution in [1.29, 1.82) is 0 Å². The molecule has 0 aliphatic rings. The maximum absolute atomic E-state index is 11.8. The van der Waals surface area contributed by atoms with Crippen molar-refractivity contribution in [3.8, 4) is 11.5 Å². The molecule has 0 aliphatic carbocycles. The Balaban J connectivity index is 1.83. The minimum absolute atomic E-state index is 0.0351. The normalized spacial score (nSPS) is 10.7. The lowest BCUT2D eigenvalue weighted by Crippen LogP contribution is -2.25. The average Bonchev–Trinajstić information content (AvgIpc) is 2.58. The molecule has 132 valence electrons. The predicted octanol–water partition coefficient (Wildman–Crippen LogP) is 3.27. The molecule has 0 saturated carbocycles. The summed E-state index contributed by atoms with van der Waals surface area (Å²) < 4.78 is 6.43. The average molecular weight is 453 g/mol. The molecular formula is C18H20IN3O3. The summed E-state index contributed by atoms with van der Waals surface area (Å²) in [5.41, 5.74) is 5.13. The van der Waals surface area contributed by atoms with Crippen LogP contribution in [0.5, 0.6) is 11.5 Å². The van der Waals surface area contributed by atoms with E-state index in [1.807, 2.05) is 32.0 Å². The number of rotatable bonds is 7. The lowest BCUT2D eigenvalue weighted by Gasteiger charge is -2.07. The molecule has 0 saturated heterocycles. The van der Waals surface area contributed by atoms with Crippen molar-refractivity contribution in [2.75, 3.05) is 18.5 Å². The monoisotopic (exact) mass is 453 g/mol. The lowest BCUT2D eigenvalue weighted by atomic mass is 10.2. The molecule has 2 aromatic carbocycles. The first-order valence-electron chi connectivity index (χ1n) is 7.77. The third kappa shape index (κ3) is 5.93. The van der Waals surface area contributed by atoms with Gasteiger partial charge in [-0.05, 0) is 84.0 Å². The van der Waals surface area contributed by atoms with Gasteiger partial charge in [-0.3, -0.25) is 4.79 Å². The van der Waals surface area contributed by atoms with Crippen LogP contribution in [0.1, 0.15) is 18.1 Å². The molecule has 0 bridgehead atoms. The second kappa shape index (κ2) is 9.26. The Morgan fingerprint density at radius 1 is 1.32 bits per heavy atom. The molecule has 0 aromatic heterocycles. The fourth-order valence-corrected chi connectivity index (χ4v) is 2.38. The summed E-state index contributed by atoms with van der Waals surface area (Å²) >= 11 is 2.26. The van der Waals surface area contributed by atoms with E-state index < -0.39 is 0 Å². The van der Waals surface area contributed by atoms with Crippen LogP contribution in [-0.2, 0) is 4.79 Å². The van der Waals surface area contributed by atoms with Gasteiger partial charge in [-0.1, -0.05) is 0 Å². The van der Waals surface area contributed by atoms with Crippen molar-refractivity contribution >= 4 is 40.4 Å². The lowest BCUT2D eigenvalue weighted by molar-refractivity contribution is -0.119. The zero-order valence-electron chi connectivity index (χ0n) is 14.0. The van der Waals surface area contributed by atoms with Gasteiger partial charge in [0.1, 0.15) is 0 Å². The summed E-state index contributed by atoms with van der Waals surface area (Å²) in [5.74, 6) is 0.191. The standard InChI is InChI=1S/C18H20IN3O3/c1-3-25-17-7-4-13(9-16(17)23)10-21-22-18(24)11-20-14-5-6-15(19)12(2)8-14/h4-10,20,23H,3,11H2,1-2H3,(H,22,24)/b21-10+. The number of aryl methyl sites for hydroxylation is 1. The summed E-state index contributed by atoms with van der Waals surface area (Å²) in [4.78, 5) is 11.8. The second-order valence-electron chi connectivity index (χ2n) is 5.27. The molecule has 0 spiro atoms. The highest BCUT2D eigenvalue weighted by atomic mass is 127. The molecule has 2 rings (SSSR count). The number of hydrogen-bond donors (Lipinski definition) is 3. The number of phenolic OH excluding ortho intramolecular Hbond substituents is 1. The Labute approximate surface area is 160 Å². The molecule has 7 heteroatoms. The molecule has 6 nitrogen and oxygen atoms in total. The Bertz CT molecular complexity index is 778. The highest BCUT2D eigenvalue weighted by Gasteiger charge is 2.03. The number of nitrogens with one attached hydrogen (secondary N) is 2. The van der Waals surface area contributed by atoms with E-state index in [1.54, 1.807) is 12.1 Å². The van der Waals surface area contributed by atoms with Crippen LogP contribution in [0.4, 0.5) is 5.69 Å². The third-order valence-corrected chi connectivity index (χ3v) is 4.51. The SMILES string of the molecule is CCOc1ccc(/C=N/NC(=O)CNc2ccc(I)c(C)c2)cc1O. The van der Waals surface area contributed by atoms with E-state index in [0.717, 1.165) is 11.3 Å². The van der Waals surface area contributed by atoms with Gasteiger partial charge in [-0.2, -0.15) is 5.10 Å². The molecule has 0 unspecified atom stereocenters. The largest absolute Gasteiger partial charge is 0.504 e. The van der Waals surface area contributed by atoms with E-state index in [9.17, 15) is 9.90 Å². The molecule has 2 aromatic rings. The zero-order valence-corrected chi connectivity index (χ0v) is 16.2. The molecule has 0 radical (unpaired) electrons. The number of benzene rings is 2. The summed E-state index contributed by atoms with van der Waals surface area (Å²) in [6.45, 7) is 4.45. The van der Waals surface area contributed by atoms with Crippen molar-refractivity contribution in [1.82, 2.24) is 5.43 Å². The molecule has 1 amide bonds. The molecule has 25 heavy (non-hydrogen) atoms. The van der Waals surface area contributed by atoms with Crippen LogP contribution in [0.3, 0.4) is 0 Å². The number of ether oxygens (including phenoxy) is 1. The molecule has 0 heterocycles. The van der Waals surface area contributed by atoms with Gasteiger partial charge >= 0.3 is 0 Å². The maximum atomic E-state index is 11.8. The number of carbonyl (C=O) groups is 1. The van der Waals surface area contributed by atoms with Gasteiger partial charge < -0.3 is 15.2 Å². The van der Waals surface area contributed by atoms with Gasteiger partial charge in [-0.15, -0.1) is 0 Å². The zero-order chi connectivity index (χ0) is 18.2. The number of anilines is 1. The molecule has 0 fully saturated rings. The van der Waals surface area contributed by atoms with E-state index in [-0.39, 0.29) is 18.2 Å². The van der Waals surface area contributed by atoms with Crippen LogP contribution in [0, 0.1) is 10.5 Å². The maximum Gasteiger partial charge on any atom is 0.259 e. The van der Waals surface area contributed by atoms with Crippen molar-refractivity contribution in [3.05, 3.63) is 51.1 Å². The van der Waals surface area contributed by atoms with Gasteiger partial charge in [-0.25, -0.2) is 5.43 Å². The Morgan fingerprint density at radius 3 is 2.80 bits per heavy atom. The first-order valence-corrected chi connectivity index (χ1v) is 8.85. The number of aromatic hydroxyl groups is 1. The fraction of sp³-hybridized carbons (Fsp3) is 0.222. The van der Waals surface area contributed by atoms with Crippen LogP contribution in [0.2, 0.25) is 0 Å². The number of hydrazone groups is 1. The number of nitrogens with zero attached hydrogens (tertiary/aromatic N) is 1. The van der Waals surface area contributed by atoms with Gasteiger partial charge in [0.25, 0.3) is 5.91 Å². The van der Waals surface area contributed by atoms with Gasteiger partial charge in [0.05, 0.1) is 19.4 Å². The van der Waals surface area contributed by atoms with E-state index >= 15 is 0 Å². The number of carbonyl (C=O) groups excluding carboxylic acids is 1. The smallest absolute Gasteiger partial charge is 0.259 e. The van der Waals surface area contributed by atoms with Gasteiger partial charge in [0, 0.05) is 9.26 Å². The van der Waals surface area contributed by atoms with E-state index in [2.05, 4.69) is 38.4 Å². The summed E-state index contributed by atoms with van der Waals surface area (Å²) in [5, 5.41) is 16.7. The van der Waals surface area contributed by atoms with Crippen LogP contribution < -0.4 is 15.5 Å². The number of halogens is 1. The Hall–Kier alpha value is -2.29. The van der Waals surface area contributed by atoms with E-state index in [1.165, 1.54) is 15.9 Å². The summed E-state index contributed by atoms with van der Waals surface area (Å²) in [6.07, 6.45) is 1.46. The van der Waals surface area contributed by atoms with Crippen LogP contribution in [0.25, 0.3) is 0 Å². The van der Waals surface area contributed by atoms with Crippen molar-refractivity contribution in [2.24, 2.45) is 5.10 Å². The van der Waals surface area contributed by atoms with Crippen LogP contribution in [-0.4, -0.2) is 30.4 Å².